The van der Waals surface area contributed by atoms with Crippen molar-refractivity contribution in [2.45, 2.75) is 45.9 Å². The number of aliphatic hydroxyl groups is 1. The molecule has 1 aromatic rings. The third kappa shape index (κ3) is 5.57. The van der Waals surface area contributed by atoms with E-state index in [2.05, 4.69) is 24.1 Å². The van der Waals surface area contributed by atoms with Crippen LogP contribution in [0.1, 0.15) is 32.8 Å². The van der Waals surface area contributed by atoms with E-state index in [-0.39, 0.29) is 11.9 Å². The molecule has 0 spiro atoms. The van der Waals surface area contributed by atoms with E-state index in [1.807, 2.05) is 7.05 Å². The second-order valence-electron chi connectivity index (χ2n) is 5.37. The minimum absolute atomic E-state index is 0.215. The first-order valence-electron chi connectivity index (χ1n) is 6.81. The van der Waals surface area contributed by atoms with Crippen LogP contribution in [0.4, 0.5) is 10.1 Å². The lowest BCUT2D eigenvalue weighted by molar-refractivity contribution is 0.187. The van der Waals surface area contributed by atoms with E-state index < -0.39 is 0 Å². The Bertz CT molecular complexity index is 394. The van der Waals surface area contributed by atoms with Gasteiger partial charge in [0.15, 0.2) is 0 Å². The third-order valence-corrected chi connectivity index (χ3v) is 3.04. The molecule has 0 aromatic heterocycles. The standard InChI is InChI=1S/C15H25FN2O/c1-11(2)17-10-13-9-14(16)5-6-15(13)18(4)8-7-12(3)19/h5-6,9,11-12,17,19H,7-8,10H2,1-4H3. The number of nitrogens with zero attached hydrogens (tertiary/aromatic N) is 1. The zero-order valence-electron chi connectivity index (χ0n) is 12.3. The molecule has 2 N–H and O–H groups in total. The first-order chi connectivity index (χ1) is 8.90. The van der Waals surface area contributed by atoms with Gasteiger partial charge in [-0.25, -0.2) is 4.39 Å². The summed E-state index contributed by atoms with van der Waals surface area (Å²) < 4.78 is 13.4. The van der Waals surface area contributed by atoms with Crippen molar-refractivity contribution in [3.8, 4) is 0 Å². The van der Waals surface area contributed by atoms with Crippen LogP contribution in [-0.4, -0.2) is 30.8 Å². The van der Waals surface area contributed by atoms with Crippen LogP contribution in [0.2, 0.25) is 0 Å². The van der Waals surface area contributed by atoms with Crippen LogP contribution < -0.4 is 10.2 Å². The third-order valence-electron chi connectivity index (χ3n) is 3.04. The molecule has 0 aliphatic rings. The van der Waals surface area contributed by atoms with Crippen LogP contribution in [0.25, 0.3) is 0 Å². The Balaban J connectivity index is 2.79. The maximum atomic E-state index is 13.4. The Morgan fingerprint density at radius 2 is 2.00 bits per heavy atom. The van der Waals surface area contributed by atoms with E-state index in [0.29, 0.717) is 19.0 Å². The summed E-state index contributed by atoms with van der Waals surface area (Å²) in [6, 6.07) is 5.21. The van der Waals surface area contributed by atoms with Crippen molar-refractivity contribution in [1.29, 1.82) is 0 Å². The number of halogens is 1. The first-order valence-corrected chi connectivity index (χ1v) is 6.81. The maximum absolute atomic E-state index is 13.4. The van der Waals surface area contributed by atoms with Gasteiger partial charge in [0.2, 0.25) is 0 Å². The molecule has 0 bridgehead atoms. The van der Waals surface area contributed by atoms with Gasteiger partial charge in [0, 0.05) is 31.9 Å². The maximum Gasteiger partial charge on any atom is 0.123 e. The van der Waals surface area contributed by atoms with E-state index in [1.54, 1.807) is 19.1 Å². The second kappa shape index (κ2) is 7.46. The fourth-order valence-electron chi connectivity index (χ4n) is 1.88. The number of rotatable bonds is 7. The molecule has 1 rings (SSSR count). The molecule has 3 nitrogen and oxygen atoms in total. The van der Waals surface area contributed by atoms with Crippen molar-refractivity contribution in [1.82, 2.24) is 5.32 Å². The van der Waals surface area contributed by atoms with E-state index >= 15 is 0 Å². The van der Waals surface area contributed by atoms with Crippen molar-refractivity contribution in [2.24, 2.45) is 0 Å². The van der Waals surface area contributed by atoms with Gasteiger partial charge in [0.05, 0.1) is 6.10 Å². The van der Waals surface area contributed by atoms with E-state index in [0.717, 1.165) is 17.8 Å². The molecule has 4 heteroatoms. The van der Waals surface area contributed by atoms with E-state index in [9.17, 15) is 9.50 Å². The Morgan fingerprint density at radius 3 is 2.58 bits per heavy atom. The Morgan fingerprint density at radius 1 is 1.32 bits per heavy atom. The molecular weight excluding hydrogens is 243 g/mol. The van der Waals surface area contributed by atoms with Crippen LogP contribution in [0.5, 0.6) is 0 Å². The minimum atomic E-state index is -0.319. The lowest BCUT2D eigenvalue weighted by Gasteiger charge is -2.24. The average Bonchev–Trinajstić information content (AvgIpc) is 2.33. The Labute approximate surface area is 115 Å². The summed E-state index contributed by atoms with van der Waals surface area (Å²) in [5.41, 5.74) is 1.96. The van der Waals surface area contributed by atoms with Gasteiger partial charge in [-0.1, -0.05) is 13.8 Å². The molecular formula is C15H25FN2O. The zero-order chi connectivity index (χ0) is 14.4. The highest BCUT2D eigenvalue weighted by Gasteiger charge is 2.10. The summed E-state index contributed by atoms with van der Waals surface area (Å²) in [5.74, 6) is -0.215. The van der Waals surface area contributed by atoms with Gasteiger partial charge in [0.1, 0.15) is 5.82 Å². The highest BCUT2D eigenvalue weighted by atomic mass is 19.1. The molecule has 0 heterocycles. The van der Waals surface area contributed by atoms with Crippen molar-refractivity contribution >= 4 is 5.69 Å². The number of anilines is 1. The molecule has 0 aliphatic heterocycles. The van der Waals surface area contributed by atoms with Gasteiger partial charge in [0.25, 0.3) is 0 Å². The summed E-state index contributed by atoms with van der Waals surface area (Å²) in [7, 11) is 1.97. The SMILES string of the molecule is CC(O)CCN(C)c1ccc(F)cc1CNC(C)C. The number of aliphatic hydroxyl groups excluding tert-OH is 1. The molecule has 0 aliphatic carbocycles. The monoisotopic (exact) mass is 268 g/mol. The predicted molar refractivity (Wildman–Crippen MR) is 77.9 cm³/mol. The molecule has 1 unspecified atom stereocenters. The van der Waals surface area contributed by atoms with Crippen LogP contribution >= 0.6 is 0 Å². The van der Waals surface area contributed by atoms with Gasteiger partial charge in [-0.05, 0) is 37.1 Å². The largest absolute Gasteiger partial charge is 0.393 e. The fourth-order valence-corrected chi connectivity index (χ4v) is 1.88. The van der Waals surface area contributed by atoms with Crippen molar-refractivity contribution in [2.75, 3.05) is 18.5 Å². The Kier molecular flexibility index (Phi) is 6.25. The highest BCUT2D eigenvalue weighted by molar-refractivity contribution is 5.53. The molecule has 1 atom stereocenters. The molecule has 0 amide bonds. The lowest BCUT2D eigenvalue weighted by atomic mass is 10.1. The normalized spacial score (nSPS) is 12.8. The summed E-state index contributed by atoms with van der Waals surface area (Å²) in [4.78, 5) is 2.06. The summed E-state index contributed by atoms with van der Waals surface area (Å²) in [6.45, 7) is 7.30. The quantitative estimate of drug-likeness (QED) is 0.797. The Hall–Kier alpha value is -1.13. The molecule has 0 fully saturated rings. The van der Waals surface area contributed by atoms with Crippen molar-refractivity contribution < 1.29 is 9.50 Å². The van der Waals surface area contributed by atoms with Crippen molar-refractivity contribution in [3.05, 3.63) is 29.6 Å². The van der Waals surface area contributed by atoms with Gasteiger partial charge in [-0.15, -0.1) is 0 Å². The summed E-state index contributed by atoms with van der Waals surface area (Å²) in [5, 5.41) is 12.6. The molecule has 19 heavy (non-hydrogen) atoms. The number of benzene rings is 1. The van der Waals surface area contributed by atoms with Gasteiger partial charge in [-0.3, -0.25) is 0 Å². The molecule has 1 aromatic carbocycles. The first kappa shape index (κ1) is 15.9. The molecule has 0 radical (unpaired) electrons. The molecule has 0 saturated carbocycles. The predicted octanol–water partition coefficient (Wildman–Crippen LogP) is 2.53. The second-order valence-corrected chi connectivity index (χ2v) is 5.37. The summed E-state index contributed by atoms with van der Waals surface area (Å²) >= 11 is 0. The van der Waals surface area contributed by atoms with Crippen LogP contribution in [-0.2, 0) is 6.54 Å². The van der Waals surface area contributed by atoms with E-state index in [4.69, 9.17) is 0 Å². The summed E-state index contributed by atoms with van der Waals surface area (Å²) in [6.07, 6.45) is 0.380. The van der Waals surface area contributed by atoms with Crippen LogP contribution in [0, 0.1) is 5.82 Å². The van der Waals surface area contributed by atoms with Crippen LogP contribution in [0.3, 0.4) is 0 Å². The van der Waals surface area contributed by atoms with Gasteiger partial charge >= 0.3 is 0 Å². The lowest BCUT2D eigenvalue weighted by Crippen LogP contribution is -2.26. The number of nitrogens with one attached hydrogen (secondary N) is 1. The van der Waals surface area contributed by atoms with E-state index in [1.165, 1.54) is 6.07 Å². The van der Waals surface area contributed by atoms with Gasteiger partial charge < -0.3 is 15.3 Å². The number of hydrogen-bond donors (Lipinski definition) is 2. The van der Waals surface area contributed by atoms with Crippen LogP contribution in [0.15, 0.2) is 18.2 Å². The highest BCUT2D eigenvalue weighted by Crippen LogP contribution is 2.21. The zero-order valence-corrected chi connectivity index (χ0v) is 12.3. The van der Waals surface area contributed by atoms with Crippen molar-refractivity contribution in [3.63, 3.8) is 0 Å². The van der Waals surface area contributed by atoms with Gasteiger partial charge in [-0.2, -0.15) is 0 Å². The fraction of sp³-hybridized carbons (Fsp3) is 0.600. The number of hydrogen-bond acceptors (Lipinski definition) is 3. The smallest absolute Gasteiger partial charge is 0.123 e. The molecule has 108 valence electrons. The molecule has 0 saturated heterocycles. The minimum Gasteiger partial charge on any atom is -0.393 e. The average molecular weight is 268 g/mol. The topological polar surface area (TPSA) is 35.5 Å².